The molecule has 1 aliphatic rings. The fourth-order valence-electron chi connectivity index (χ4n) is 2.63. The summed E-state index contributed by atoms with van der Waals surface area (Å²) in [4.78, 5) is 0. The van der Waals surface area contributed by atoms with Gasteiger partial charge in [-0.2, -0.15) is 0 Å². The van der Waals surface area contributed by atoms with Gasteiger partial charge in [0.05, 0.1) is 11.3 Å². The maximum atomic E-state index is 12.4. The molecule has 6 nitrogen and oxygen atoms in total. The van der Waals surface area contributed by atoms with Gasteiger partial charge in [-0.3, -0.25) is 0 Å². The molecule has 0 atom stereocenters. The van der Waals surface area contributed by atoms with Crippen LogP contribution in [0.25, 0.3) is 0 Å². The molecule has 0 amide bonds. The Balaban J connectivity index is 2.90. The van der Waals surface area contributed by atoms with E-state index in [4.69, 9.17) is 10.9 Å². The highest BCUT2D eigenvalue weighted by Crippen LogP contribution is 2.29. The van der Waals surface area contributed by atoms with Gasteiger partial charge in [-0.05, 0) is 24.7 Å². The number of sulfonamides is 1. The Bertz CT molecular complexity index is 458. The molecule has 21 heavy (non-hydrogen) atoms. The van der Waals surface area contributed by atoms with Crippen molar-refractivity contribution in [2.75, 3.05) is 5.75 Å². The molecule has 0 aliphatic heterocycles. The van der Waals surface area contributed by atoms with E-state index in [0.717, 1.165) is 25.7 Å². The summed E-state index contributed by atoms with van der Waals surface area (Å²) in [5, 5.41) is 12.1. The molecule has 1 aliphatic carbocycles. The lowest BCUT2D eigenvalue weighted by Gasteiger charge is -2.32. The van der Waals surface area contributed by atoms with Crippen molar-refractivity contribution in [2.45, 2.75) is 71.3 Å². The summed E-state index contributed by atoms with van der Waals surface area (Å²) >= 11 is 0. The van der Waals surface area contributed by atoms with Gasteiger partial charge in [0.25, 0.3) is 0 Å². The third-order valence-corrected chi connectivity index (χ3v) is 5.47. The largest absolute Gasteiger partial charge is 0.409 e. The first kappa shape index (κ1) is 18.2. The first-order chi connectivity index (χ1) is 9.60. The Labute approximate surface area is 128 Å². The molecular formula is C14H29N3O3S. The molecule has 4 N–H and O–H groups in total. The summed E-state index contributed by atoms with van der Waals surface area (Å²) in [6.07, 6.45) is 5.56. The van der Waals surface area contributed by atoms with E-state index >= 15 is 0 Å². The Hall–Kier alpha value is -0.820. The quantitative estimate of drug-likeness (QED) is 0.237. The molecule has 1 rings (SSSR count). The van der Waals surface area contributed by atoms with Crippen molar-refractivity contribution in [1.82, 2.24) is 4.72 Å². The van der Waals surface area contributed by atoms with E-state index in [2.05, 4.69) is 9.88 Å². The lowest BCUT2D eigenvalue weighted by atomic mass is 9.90. The number of nitrogens with zero attached hydrogens (tertiary/aromatic N) is 1. The minimum absolute atomic E-state index is 0.0243. The summed E-state index contributed by atoms with van der Waals surface area (Å²) in [7, 11) is -3.47. The van der Waals surface area contributed by atoms with Gasteiger partial charge in [-0.25, -0.2) is 13.1 Å². The van der Waals surface area contributed by atoms with Gasteiger partial charge >= 0.3 is 0 Å². The van der Waals surface area contributed by atoms with Crippen LogP contribution in [0.2, 0.25) is 0 Å². The normalized spacial score (nSPS) is 21.0. The first-order valence-corrected chi connectivity index (χ1v) is 9.25. The Morgan fingerprint density at radius 3 is 2.19 bits per heavy atom. The van der Waals surface area contributed by atoms with Gasteiger partial charge in [-0.1, -0.05) is 51.6 Å². The van der Waals surface area contributed by atoms with Crippen molar-refractivity contribution < 1.29 is 13.6 Å². The highest BCUT2D eigenvalue weighted by atomic mass is 32.2. The first-order valence-electron chi connectivity index (χ1n) is 7.60. The lowest BCUT2D eigenvalue weighted by molar-refractivity contribution is 0.305. The molecule has 0 saturated heterocycles. The van der Waals surface area contributed by atoms with E-state index in [-0.39, 0.29) is 17.0 Å². The Morgan fingerprint density at radius 2 is 1.76 bits per heavy atom. The van der Waals surface area contributed by atoms with Crippen molar-refractivity contribution in [3.8, 4) is 0 Å². The standard InChI is InChI=1S/C14H29N3O3S/c1-13(2,3)10-11-21(19,20)17-14(12(15)16-18)8-6-4-5-7-9-14/h17-18H,4-11H2,1-3H3,(H2,15,16). The minimum atomic E-state index is -3.47. The van der Waals surface area contributed by atoms with Crippen LogP contribution in [0.1, 0.15) is 65.7 Å². The number of nitrogens with two attached hydrogens (primary N) is 1. The minimum Gasteiger partial charge on any atom is -0.409 e. The summed E-state index contributed by atoms with van der Waals surface area (Å²) in [6.45, 7) is 6.02. The van der Waals surface area contributed by atoms with E-state index in [0.29, 0.717) is 19.3 Å². The zero-order valence-corrected chi connectivity index (χ0v) is 14.2. The molecule has 0 spiro atoms. The molecule has 0 bridgehead atoms. The van der Waals surface area contributed by atoms with Crippen LogP contribution in [0.4, 0.5) is 0 Å². The molecule has 7 heteroatoms. The number of hydrogen-bond donors (Lipinski definition) is 3. The van der Waals surface area contributed by atoms with Crippen LogP contribution in [-0.2, 0) is 10.0 Å². The summed E-state index contributed by atoms with van der Waals surface area (Å²) in [6, 6.07) is 0. The third-order valence-electron chi connectivity index (χ3n) is 4.03. The summed E-state index contributed by atoms with van der Waals surface area (Å²) < 4.78 is 27.5. The average molecular weight is 319 g/mol. The van der Waals surface area contributed by atoms with Crippen molar-refractivity contribution in [2.24, 2.45) is 16.3 Å². The fraction of sp³-hybridized carbons (Fsp3) is 0.929. The predicted octanol–water partition coefficient (Wildman–Crippen LogP) is 2.18. The fourth-order valence-corrected chi connectivity index (χ4v) is 4.51. The highest BCUT2D eigenvalue weighted by Gasteiger charge is 2.39. The summed E-state index contributed by atoms with van der Waals surface area (Å²) in [5.74, 6) is 0.0282. The smallest absolute Gasteiger partial charge is 0.212 e. The Morgan fingerprint density at radius 1 is 1.24 bits per heavy atom. The molecule has 0 aromatic carbocycles. The van der Waals surface area contributed by atoms with Crippen molar-refractivity contribution in [3.05, 3.63) is 0 Å². The van der Waals surface area contributed by atoms with Gasteiger partial charge in [0, 0.05) is 0 Å². The van der Waals surface area contributed by atoms with E-state index in [1.807, 2.05) is 20.8 Å². The van der Waals surface area contributed by atoms with Crippen LogP contribution in [0.5, 0.6) is 0 Å². The van der Waals surface area contributed by atoms with Crippen molar-refractivity contribution in [3.63, 3.8) is 0 Å². The number of oxime groups is 1. The van der Waals surface area contributed by atoms with E-state index in [1.54, 1.807) is 0 Å². The average Bonchev–Trinajstić information content (AvgIpc) is 2.61. The lowest BCUT2D eigenvalue weighted by Crippen LogP contribution is -2.57. The second-order valence-electron chi connectivity index (χ2n) is 7.21. The molecule has 0 heterocycles. The summed E-state index contributed by atoms with van der Waals surface area (Å²) in [5.41, 5.74) is 4.83. The maximum absolute atomic E-state index is 12.4. The molecule has 0 radical (unpaired) electrons. The van der Waals surface area contributed by atoms with Crippen LogP contribution in [0.15, 0.2) is 5.16 Å². The predicted molar refractivity (Wildman–Crippen MR) is 84.8 cm³/mol. The number of rotatable bonds is 5. The van der Waals surface area contributed by atoms with Gasteiger partial charge < -0.3 is 10.9 Å². The van der Waals surface area contributed by atoms with Gasteiger partial charge in [0.15, 0.2) is 5.84 Å². The molecule has 0 aromatic heterocycles. The number of amidine groups is 1. The zero-order valence-electron chi connectivity index (χ0n) is 13.4. The maximum Gasteiger partial charge on any atom is 0.212 e. The second-order valence-corrected chi connectivity index (χ2v) is 9.06. The van der Waals surface area contributed by atoms with Crippen molar-refractivity contribution in [1.29, 1.82) is 0 Å². The number of nitrogens with one attached hydrogen (secondary N) is 1. The molecule has 0 aromatic rings. The molecule has 1 saturated carbocycles. The monoisotopic (exact) mass is 319 g/mol. The molecular weight excluding hydrogens is 290 g/mol. The van der Waals surface area contributed by atoms with Gasteiger partial charge in [0.2, 0.25) is 10.0 Å². The molecule has 0 unspecified atom stereocenters. The van der Waals surface area contributed by atoms with E-state index in [9.17, 15) is 8.42 Å². The van der Waals surface area contributed by atoms with Crippen LogP contribution >= 0.6 is 0 Å². The SMILES string of the molecule is CC(C)(C)CCS(=O)(=O)NC1(C(N)=NO)CCCCCC1. The van der Waals surface area contributed by atoms with Crippen LogP contribution in [-0.4, -0.2) is 30.8 Å². The van der Waals surface area contributed by atoms with Crippen molar-refractivity contribution >= 4 is 15.9 Å². The highest BCUT2D eigenvalue weighted by molar-refractivity contribution is 7.89. The van der Waals surface area contributed by atoms with Gasteiger partial charge in [-0.15, -0.1) is 0 Å². The Kier molecular flexibility index (Phi) is 6.04. The zero-order chi connectivity index (χ0) is 16.1. The van der Waals surface area contributed by atoms with E-state index < -0.39 is 15.6 Å². The molecule has 124 valence electrons. The van der Waals surface area contributed by atoms with E-state index in [1.165, 1.54) is 0 Å². The topological polar surface area (TPSA) is 105 Å². The third kappa shape index (κ3) is 5.82. The number of hydrogen-bond acceptors (Lipinski definition) is 4. The van der Waals surface area contributed by atoms with Crippen LogP contribution in [0.3, 0.4) is 0 Å². The van der Waals surface area contributed by atoms with Crippen LogP contribution in [0, 0.1) is 5.41 Å². The van der Waals surface area contributed by atoms with Gasteiger partial charge in [0.1, 0.15) is 0 Å². The van der Waals surface area contributed by atoms with Crippen LogP contribution < -0.4 is 10.5 Å². The second kappa shape index (κ2) is 6.96. The molecule has 1 fully saturated rings.